The molecule has 0 unspecified atom stereocenters. The van der Waals surface area contributed by atoms with Gasteiger partial charge in [0.1, 0.15) is 5.69 Å². The monoisotopic (exact) mass is 500 g/mol. The van der Waals surface area contributed by atoms with E-state index in [4.69, 9.17) is 0 Å². The Morgan fingerprint density at radius 2 is 1.68 bits per heavy atom. The van der Waals surface area contributed by atoms with Gasteiger partial charge < -0.3 is 0 Å². The van der Waals surface area contributed by atoms with Gasteiger partial charge in [0.25, 0.3) is 15.7 Å². The molecule has 0 atom stereocenters. The molecule has 0 spiro atoms. The summed E-state index contributed by atoms with van der Waals surface area (Å²) >= 11 is 1.34. The van der Waals surface area contributed by atoms with Crippen molar-refractivity contribution in [1.82, 2.24) is 5.43 Å². The number of hydrogen-bond donors (Lipinski definition) is 3. The minimum absolute atomic E-state index is 0.0373. The van der Waals surface area contributed by atoms with Crippen LogP contribution in [0.15, 0.2) is 70.5 Å². The van der Waals surface area contributed by atoms with E-state index in [-0.39, 0.29) is 16.3 Å². The number of thioether (sulfide) groups is 1. The molecule has 11 heteroatoms. The molecule has 34 heavy (non-hydrogen) atoms. The second-order valence-corrected chi connectivity index (χ2v) is 10.3. The minimum Gasteiger partial charge on any atom is -0.292 e. The first kappa shape index (κ1) is 25.1. The van der Waals surface area contributed by atoms with Crippen molar-refractivity contribution in [2.75, 3.05) is 15.9 Å². The van der Waals surface area contributed by atoms with Gasteiger partial charge in [0.15, 0.2) is 0 Å². The van der Waals surface area contributed by atoms with Crippen LogP contribution in [0.4, 0.5) is 17.1 Å². The van der Waals surface area contributed by atoms with Gasteiger partial charge in [0, 0.05) is 11.0 Å². The molecule has 0 aliphatic heterocycles. The number of hydrazine groups is 1. The van der Waals surface area contributed by atoms with Gasteiger partial charge in [-0.15, -0.1) is 11.8 Å². The lowest BCUT2D eigenvalue weighted by molar-refractivity contribution is -0.384. The molecule has 0 aromatic heterocycles. The van der Waals surface area contributed by atoms with E-state index in [2.05, 4.69) is 15.6 Å². The first-order chi connectivity index (χ1) is 16.1. The van der Waals surface area contributed by atoms with Crippen LogP contribution in [0.2, 0.25) is 0 Å². The van der Waals surface area contributed by atoms with Crippen LogP contribution in [-0.4, -0.2) is 25.0 Å². The summed E-state index contributed by atoms with van der Waals surface area (Å²) < 4.78 is 28.1. The van der Waals surface area contributed by atoms with E-state index in [0.29, 0.717) is 5.69 Å². The molecule has 0 fully saturated rings. The number of benzene rings is 3. The van der Waals surface area contributed by atoms with E-state index in [1.165, 1.54) is 23.9 Å². The number of nitro groups is 1. The highest BCUT2D eigenvalue weighted by Crippen LogP contribution is 2.29. The van der Waals surface area contributed by atoms with E-state index in [9.17, 15) is 23.3 Å². The van der Waals surface area contributed by atoms with Crippen LogP contribution in [0.1, 0.15) is 16.7 Å². The first-order valence-electron chi connectivity index (χ1n) is 10.2. The average Bonchev–Trinajstić information content (AvgIpc) is 2.78. The predicted octanol–water partition coefficient (Wildman–Crippen LogP) is 4.56. The summed E-state index contributed by atoms with van der Waals surface area (Å²) in [6.45, 7) is 5.59. The Labute approximate surface area is 202 Å². The van der Waals surface area contributed by atoms with Crippen molar-refractivity contribution in [3.63, 3.8) is 0 Å². The number of nitrogens with zero attached hydrogens (tertiary/aromatic N) is 1. The van der Waals surface area contributed by atoms with Crippen LogP contribution in [0, 0.1) is 30.9 Å². The van der Waals surface area contributed by atoms with Crippen LogP contribution in [0.5, 0.6) is 0 Å². The van der Waals surface area contributed by atoms with Crippen molar-refractivity contribution in [3.8, 4) is 0 Å². The highest BCUT2D eigenvalue weighted by Gasteiger charge is 2.22. The second-order valence-electron chi connectivity index (χ2n) is 7.59. The maximum absolute atomic E-state index is 12.8. The third-order valence-electron chi connectivity index (χ3n) is 4.89. The molecule has 0 bridgehead atoms. The lowest BCUT2D eigenvalue weighted by Gasteiger charge is -2.13. The molecule has 3 rings (SSSR count). The summed E-state index contributed by atoms with van der Waals surface area (Å²) in [6, 6.07) is 16.3. The topological polar surface area (TPSA) is 130 Å². The standard InChI is InChI=1S/C23H24N4O5S2/c1-15-8-10-19(17(3)12-15)26-34(31,32)18-9-11-20(21(13-18)27(29)30)24-25-23(28)14-33-22-7-5-4-6-16(22)2/h4-13,24,26H,14H2,1-3H3,(H,25,28). The Morgan fingerprint density at radius 1 is 0.971 bits per heavy atom. The molecule has 3 aromatic rings. The second kappa shape index (κ2) is 10.6. The SMILES string of the molecule is Cc1ccc(NS(=O)(=O)c2ccc(NNC(=O)CSc3ccccc3C)c([N+](=O)[O-])c2)c(C)c1. The molecule has 0 saturated heterocycles. The van der Waals surface area contributed by atoms with Gasteiger partial charge in [-0.2, -0.15) is 0 Å². The van der Waals surface area contributed by atoms with E-state index >= 15 is 0 Å². The zero-order chi connectivity index (χ0) is 24.9. The molecule has 1 amide bonds. The Hall–Kier alpha value is -3.57. The first-order valence-corrected chi connectivity index (χ1v) is 12.7. The summed E-state index contributed by atoms with van der Waals surface area (Å²) in [5.41, 5.74) is 7.53. The van der Waals surface area contributed by atoms with Crippen molar-refractivity contribution < 1.29 is 18.1 Å². The number of amides is 1. The minimum atomic E-state index is -4.07. The number of carbonyl (C=O) groups is 1. The summed E-state index contributed by atoms with van der Waals surface area (Å²) in [4.78, 5) is 23.7. The smallest absolute Gasteiger partial charge is 0.292 e. The molecular weight excluding hydrogens is 476 g/mol. The highest BCUT2D eigenvalue weighted by atomic mass is 32.2. The van der Waals surface area contributed by atoms with E-state index in [1.807, 2.05) is 44.2 Å². The number of anilines is 2. The number of hydrogen-bond acceptors (Lipinski definition) is 7. The third kappa shape index (κ3) is 6.27. The van der Waals surface area contributed by atoms with E-state index < -0.39 is 26.5 Å². The summed E-state index contributed by atoms with van der Waals surface area (Å²) in [5.74, 6) is -0.298. The Morgan fingerprint density at radius 3 is 2.35 bits per heavy atom. The summed E-state index contributed by atoms with van der Waals surface area (Å²) in [5, 5.41) is 11.6. The van der Waals surface area contributed by atoms with Crippen molar-refractivity contribution in [2.45, 2.75) is 30.6 Å². The van der Waals surface area contributed by atoms with Gasteiger partial charge in [0.2, 0.25) is 5.91 Å². The average molecular weight is 501 g/mol. The fraction of sp³-hybridized carbons (Fsp3) is 0.174. The summed E-state index contributed by atoms with van der Waals surface area (Å²) in [7, 11) is -4.07. The third-order valence-corrected chi connectivity index (χ3v) is 7.43. The number of rotatable bonds is 9. The predicted molar refractivity (Wildman–Crippen MR) is 133 cm³/mol. The van der Waals surface area contributed by atoms with E-state index in [1.54, 1.807) is 19.1 Å². The van der Waals surface area contributed by atoms with Crippen LogP contribution in [0.25, 0.3) is 0 Å². The number of nitrogens with one attached hydrogen (secondary N) is 3. The van der Waals surface area contributed by atoms with Crippen molar-refractivity contribution in [3.05, 3.63) is 87.5 Å². The Kier molecular flexibility index (Phi) is 7.79. The quantitative estimate of drug-likeness (QED) is 0.223. The number of sulfonamides is 1. The van der Waals surface area contributed by atoms with Gasteiger partial charge in [-0.3, -0.25) is 30.5 Å². The lowest BCUT2D eigenvalue weighted by atomic mass is 10.1. The van der Waals surface area contributed by atoms with Crippen molar-refractivity contribution >= 4 is 44.8 Å². The lowest BCUT2D eigenvalue weighted by Crippen LogP contribution is -2.31. The fourth-order valence-corrected chi connectivity index (χ4v) is 5.08. The fourth-order valence-electron chi connectivity index (χ4n) is 3.10. The van der Waals surface area contributed by atoms with Gasteiger partial charge in [-0.1, -0.05) is 35.9 Å². The van der Waals surface area contributed by atoms with Gasteiger partial charge in [-0.25, -0.2) is 8.42 Å². The molecule has 9 nitrogen and oxygen atoms in total. The zero-order valence-electron chi connectivity index (χ0n) is 18.8. The number of nitro benzene ring substituents is 1. The Bertz CT molecular complexity index is 1340. The molecule has 3 aromatic carbocycles. The molecule has 178 valence electrons. The van der Waals surface area contributed by atoms with Gasteiger partial charge >= 0.3 is 0 Å². The largest absolute Gasteiger partial charge is 0.295 e. The molecule has 0 aliphatic rings. The molecular formula is C23H24N4O5S2. The van der Waals surface area contributed by atoms with Crippen molar-refractivity contribution in [2.24, 2.45) is 0 Å². The van der Waals surface area contributed by atoms with Crippen LogP contribution in [0.3, 0.4) is 0 Å². The van der Waals surface area contributed by atoms with Crippen molar-refractivity contribution in [1.29, 1.82) is 0 Å². The van der Waals surface area contributed by atoms with Crippen LogP contribution < -0.4 is 15.6 Å². The molecule has 0 aliphatic carbocycles. The highest BCUT2D eigenvalue weighted by molar-refractivity contribution is 8.00. The maximum atomic E-state index is 12.8. The molecule has 3 N–H and O–H groups in total. The molecule has 0 saturated carbocycles. The molecule has 0 radical (unpaired) electrons. The van der Waals surface area contributed by atoms with Crippen LogP contribution >= 0.6 is 11.8 Å². The maximum Gasteiger partial charge on any atom is 0.295 e. The number of aryl methyl sites for hydroxylation is 3. The van der Waals surface area contributed by atoms with E-state index in [0.717, 1.165) is 27.7 Å². The number of carbonyl (C=O) groups excluding carboxylic acids is 1. The van der Waals surface area contributed by atoms with Gasteiger partial charge in [-0.05, 0) is 56.2 Å². The molecule has 0 heterocycles. The zero-order valence-corrected chi connectivity index (χ0v) is 20.4. The normalized spacial score (nSPS) is 11.0. The van der Waals surface area contributed by atoms with Gasteiger partial charge in [0.05, 0.1) is 21.3 Å². The van der Waals surface area contributed by atoms with Crippen LogP contribution in [-0.2, 0) is 14.8 Å². The Balaban J connectivity index is 1.71. The summed E-state index contributed by atoms with van der Waals surface area (Å²) in [6.07, 6.45) is 0.